The number of carbonyl (C=O) groups excluding carboxylic acids is 2. The van der Waals surface area contributed by atoms with Crippen LogP contribution in [-0.4, -0.2) is 22.0 Å². The molecule has 0 unspecified atom stereocenters. The molecule has 1 aromatic heterocycles. The average molecular weight is 335 g/mol. The largest absolute Gasteiger partial charge is 0.361 e. The molecule has 0 bridgehead atoms. The first-order valence-corrected chi connectivity index (χ1v) is 7.26. The number of carbonyl (C=O) groups is 2. The summed E-state index contributed by atoms with van der Waals surface area (Å²) in [4.78, 5) is 25.9. The molecule has 1 aliphatic rings. The van der Waals surface area contributed by atoms with Crippen LogP contribution in [0.2, 0.25) is 0 Å². The van der Waals surface area contributed by atoms with Gasteiger partial charge in [-0.2, -0.15) is 0 Å². The minimum atomic E-state index is -1.81. The van der Waals surface area contributed by atoms with Gasteiger partial charge in [-0.3, -0.25) is 9.69 Å². The number of nitrogens with zero attached hydrogens (tertiary/aromatic N) is 2. The lowest BCUT2D eigenvalue weighted by Crippen LogP contribution is -2.42. The molecule has 126 valence electrons. The van der Waals surface area contributed by atoms with E-state index in [0.717, 1.165) is 17.0 Å². The summed E-state index contributed by atoms with van der Waals surface area (Å²) in [6.07, 6.45) is 0. The van der Waals surface area contributed by atoms with Gasteiger partial charge in [0.05, 0.1) is 17.8 Å². The number of halogens is 2. The molecule has 1 N–H and O–H groups in total. The SMILES string of the molecule is Cc1noc(C)c1CN1C(=O)N[C@](C)(c2c(F)cccc2F)C1=O. The lowest BCUT2D eigenvalue weighted by Gasteiger charge is -2.23. The Morgan fingerprint density at radius 1 is 1.25 bits per heavy atom. The highest BCUT2D eigenvalue weighted by Crippen LogP contribution is 2.33. The van der Waals surface area contributed by atoms with Crippen LogP contribution in [0.15, 0.2) is 22.7 Å². The van der Waals surface area contributed by atoms with Gasteiger partial charge in [-0.25, -0.2) is 13.6 Å². The van der Waals surface area contributed by atoms with E-state index in [0.29, 0.717) is 17.0 Å². The van der Waals surface area contributed by atoms with E-state index in [4.69, 9.17) is 4.52 Å². The molecule has 0 spiro atoms. The lowest BCUT2D eigenvalue weighted by atomic mass is 9.91. The Morgan fingerprint density at radius 3 is 2.42 bits per heavy atom. The van der Waals surface area contributed by atoms with Crippen LogP contribution < -0.4 is 5.32 Å². The highest BCUT2D eigenvalue weighted by molar-refractivity contribution is 6.07. The number of hydrogen-bond acceptors (Lipinski definition) is 4. The molecule has 3 amide bonds. The van der Waals surface area contributed by atoms with Gasteiger partial charge in [-0.05, 0) is 32.9 Å². The normalized spacial score (nSPS) is 20.6. The van der Waals surface area contributed by atoms with Crippen molar-refractivity contribution in [3.8, 4) is 0 Å². The van der Waals surface area contributed by atoms with E-state index in [-0.39, 0.29) is 6.54 Å². The number of amides is 3. The van der Waals surface area contributed by atoms with Gasteiger partial charge < -0.3 is 9.84 Å². The van der Waals surface area contributed by atoms with Gasteiger partial charge in [0.1, 0.15) is 22.9 Å². The molecular weight excluding hydrogens is 320 g/mol. The number of benzene rings is 1. The molecule has 0 radical (unpaired) electrons. The van der Waals surface area contributed by atoms with E-state index in [1.165, 1.54) is 13.0 Å². The van der Waals surface area contributed by atoms with Crippen LogP contribution in [0.25, 0.3) is 0 Å². The third-order valence-corrected chi connectivity index (χ3v) is 4.24. The maximum Gasteiger partial charge on any atom is 0.325 e. The fourth-order valence-electron chi connectivity index (χ4n) is 2.87. The molecule has 2 heterocycles. The molecular formula is C16H15F2N3O3. The second kappa shape index (κ2) is 5.40. The van der Waals surface area contributed by atoms with E-state index in [2.05, 4.69) is 10.5 Å². The van der Waals surface area contributed by atoms with Gasteiger partial charge in [0, 0.05) is 5.56 Å². The number of rotatable bonds is 3. The lowest BCUT2D eigenvalue weighted by molar-refractivity contribution is -0.131. The zero-order chi connectivity index (χ0) is 17.6. The average Bonchev–Trinajstić information content (AvgIpc) is 2.92. The van der Waals surface area contributed by atoms with Crippen molar-refractivity contribution in [2.75, 3.05) is 0 Å². The Kier molecular flexibility index (Phi) is 3.62. The van der Waals surface area contributed by atoms with Crippen LogP contribution >= 0.6 is 0 Å². The van der Waals surface area contributed by atoms with Crippen molar-refractivity contribution in [2.45, 2.75) is 32.9 Å². The summed E-state index contributed by atoms with van der Waals surface area (Å²) in [6, 6.07) is 2.55. The van der Waals surface area contributed by atoms with Crippen LogP contribution in [0, 0.1) is 25.5 Å². The topological polar surface area (TPSA) is 75.4 Å². The highest BCUT2D eigenvalue weighted by atomic mass is 19.1. The van der Waals surface area contributed by atoms with Crippen LogP contribution in [0.1, 0.15) is 29.5 Å². The van der Waals surface area contributed by atoms with Crippen molar-refractivity contribution >= 4 is 11.9 Å². The zero-order valence-corrected chi connectivity index (χ0v) is 13.3. The predicted octanol–water partition coefficient (Wildman–Crippen LogP) is 2.54. The van der Waals surface area contributed by atoms with Gasteiger partial charge in [-0.15, -0.1) is 0 Å². The molecule has 3 rings (SSSR count). The summed E-state index contributed by atoms with van der Waals surface area (Å²) >= 11 is 0. The molecule has 1 saturated heterocycles. The van der Waals surface area contributed by atoms with Gasteiger partial charge in [0.15, 0.2) is 0 Å². The van der Waals surface area contributed by atoms with Crippen molar-refractivity contribution < 1.29 is 22.9 Å². The summed E-state index contributed by atoms with van der Waals surface area (Å²) < 4.78 is 33.2. The first-order valence-electron chi connectivity index (χ1n) is 7.26. The van der Waals surface area contributed by atoms with E-state index < -0.39 is 34.7 Å². The first-order chi connectivity index (χ1) is 11.3. The zero-order valence-electron chi connectivity index (χ0n) is 13.3. The Morgan fingerprint density at radius 2 is 1.88 bits per heavy atom. The Labute approximate surface area is 136 Å². The second-order valence-electron chi connectivity index (χ2n) is 5.85. The predicted molar refractivity (Wildman–Crippen MR) is 78.8 cm³/mol. The number of aryl methyl sites for hydroxylation is 2. The molecule has 1 atom stereocenters. The fourth-order valence-corrected chi connectivity index (χ4v) is 2.87. The summed E-state index contributed by atoms with van der Waals surface area (Å²) in [6.45, 7) is 4.53. The molecule has 1 aromatic carbocycles. The van der Waals surface area contributed by atoms with E-state index in [1.807, 2.05) is 0 Å². The second-order valence-corrected chi connectivity index (χ2v) is 5.85. The number of hydrogen-bond donors (Lipinski definition) is 1. The molecule has 0 aliphatic carbocycles. The maximum absolute atomic E-state index is 14.1. The van der Waals surface area contributed by atoms with Crippen molar-refractivity contribution in [3.63, 3.8) is 0 Å². The van der Waals surface area contributed by atoms with Crippen molar-refractivity contribution in [1.29, 1.82) is 0 Å². The Hall–Kier alpha value is -2.77. The van der Waals surface area contributed by atoms with E-state index in [1.54, 1.807) is 13.8 Å². The quantitative estimate of drug-likeness (QED) is 0.875. The Bertz CT molecular complexity index is 809. The fraction of sp³-hybridized carbons (Fsp3) is 0.312. The third kappa shape index (κ3) is 2.26. The minimum absolute atomic E-state index is 0.0858. The molecule has 0 saturated carbocycles. The highest BCUT2D eigenvalue weighted by Gasteiger charge is 2.51. The van der Waals surface area contributed by atoms with Crippen LogP contribution in [0.4, 0.5) is 13.6 Å². The summed E-state index contributed by atoms with van der Waals surface area (Å²) in [5.41, 5.74) is -1.17. The number of imide groups is 1. The number of nitrogens with one attached hydrogen (secondary N) is 1. The van der Waals surface area contributed by atoms with Gasteiger partial charge >= 0.3 is 6.03 Å². The number of aromatic nitrogens is 1. The van der Waals surface area contributed by atoms with Crippen molar-refractivity contribution in [3.05, 3.63) is 52.4 Å². The van der Waals surface area contributed by atoms with Gasteiger partial charge in [0.2, 0.25) is 0 Å². The van der Waals surface area contributed by atoms with Crippen molar-refractivity contribution in [1.82, 2.24) is 15.4 Å². The molecule has 1 fully saturated rings. The van der Waals surface area contributed by atoms with Crippen LogP contribution in [-0.2, 0) is 16.9 Å². The summed E-state index contributed by atoms with van der Waals surface area (Å²) in [5, 5.41) is 6.15. The maximum atomic E-state index is 14.1. The molecule has 1 aliphatic heterocycles. The standard InChI is InChI=1S/C16H15F2N3O3/c1-8-10(9(2)24-20-8)7-21-14(22)16(3,19-15(21)23)13-11(17)5-4-6-12(13)18/h4-6H,7H2,1-3H3,(H,19,23)/t16-/m1/s1. The Balaban J connectivity index is 2.00. The van der Waals surface area contributed by atoms with Gasteiger partial charge in [0.25, 0.3) is 5.91 Å². The third-order valence-electron chi connectivity index (χ3n) is 4.24. The van der Waals surface area contributed by atoms with E-state index >= 15 is 0 Å². The minimum Gasteiger partial charge on any atom is -0.361 e. The van der Waals surface area contributed by atoms with Crippen LogP contribution in [0.3, 0.4) is 0 Å². The van der Waals surface area contributed by atoms with Crippen LogP contribution in [0.5, 0.6) is 0 Å². The first kappa shape index (κ1) is 16.1. The molecule has 6 nitrogen and oxygen atoms in total. The smallest absolute Gasteiger partial charge is 0.325 e. The van der Waals surface area contributed by atoms with Gasteiger partial charge in [-0.1, -0.05) is 11.2 Å². The van der Waals surface area contributed by atoms with Crippen molar-refractivity contribution in [2.24, 2.45) is 0 Å². The molecule has 8 heteroatoms. The molecule has 24 heavy (non-hydrogen) atoms. The summed E-state index contributed by atoms with van der Waals surface area (Å²) in [5.74, 6) is -2.06. The molecule has 2 aromatic rings. The monoisotopic (exact) mass is 335 g/mol. The number of urea groups is 1. The van der Waals surface area contributed by atoms with E-state index in [9.17, 15) is 18.4 Å². The summed E-state index contributed by atoms with van der Waals surface area (Å²) in [7, 11) is 0.